The predicted octanol–water partition coefficient (Wildman–Crippen LogP) is 5.53. The standard InChI is InChI=1S/C19H11Cl2F3N4S/c20-13-5-2-6-14(21)12(13)8-15-28-16-17(25-9-26-18(16)29-15)27-11-4-1-3-10(7-11)19(22,23)24/h1-7,9H,8H2,(H,25,26,27)/p+1. The number of hydrogen-bond donors (Lipinski definition) is 1. The molecule has 0 saturated carbocycles. The summed E-state index contributed by atoms with van der Waals surface area (Å²) in [5.74, 6) is 0.446. The fourth-order valence-electron chi connectivity index (χ4n) is 2.81. The van der Waals surface area contributed by atoms with Crippen LogP contribution < -0.4 is 5.32 Å². The van der Waals surface area contributed by atoms with Gasteiger partial charge in [-0.15, -0.1) is 0 Å². The Morgan fingerprint density at radius 1 is 1.00 bits per heavy atom. The number of fused-ring (bicyclic) bond motifs is 1. The van der Waals surface area contributed by atoms with Crippen LogP contribution in [0.4, 0.5) is 24.7 Å². The van der Waals surface area contributed by atoms with Crippen molar-refractivity contribution in [1.29, 1.82) is 0 Å². The van der Waals surface area contributed by atoms with Crippen LogP contribution in [0, 0.1) is 0 Å². The molecule has 0 spiro atoms. The van der Waals surface area contributed by atoms with Crippen LogP contribution in [0.1, 0.15) is 16.1 Å². The molecular weight excluding hydrogens is 444 g/mol. The van der Waals surface area contributed by atoms with Gasteiger partial charge in [0.2, 0.25) is 0 Å². The zero-order valence-corrected chi connectivity index (χ0v) is 16.9. The van der Waals surface area contributed by atoms with E-state index in [2.05, 4.69) is 15.0 Å². The van der Waals surface area contributed by atoms with Crippen molar-refractivity contribution < 1.29 is 18.5 Å². The lowest BCUT2D eigenvalue weighted by Crippen LogP contribution is -2.71. The lowest BCUT2D eigenvalue weighted by atomic mass is 10.1. The Morgan fingerprint density at radius 3 is 2.45 bits per heavy atom. The molecule has 0 saturated heterocycles. The first-order valence-corrected chi connectivity index (χ1v) is 9.94. The third kappa shape index (κ3) is 4.35. The number of benzene rings is 2. The van der Waals surface area contributed by atoms with Gasteiger partial charge >= 0.3 is 6.18 Å². The summed E-state index contributed by atoms with van der Waals surface area (Å²) in [4.78, 5) is 13.6. The van der Waals surface area contributed by atoms with Crippen LogP contribution in [0.25, 0.3) is 10.3 Å². The van der Waals surface area contributed by atoms with Crippen LogP contribution in [0.2, 0.25) is 10.0 Å². The van der Waals surface area contributed by atoms with Crippen LogP contribution in [-0.2, 0) is 12.6 Å². The Labute approximate surface area is 177 Å². The van der Waals surface area contributed by atoms with Gasteiger partial charge in [0.1, 0.15) is 17.0 Å². The summed E-state index contributed by atoms with van der Waals surface area (Å²) in [6.45, 7) is 0. The molecule has 10 heteroatoms. The maximum absolute atomic E-state index is 13.0. The van der Waals surface area contributed by atoms with E-state index in [1.807, 2.05) is 0 Å². The molecule has 4 rings (SSSR count). The SMILES string of the molecule is FC(F)(F)c1cccc([NH2+]c2ncnc3sc(Cc4c(Cl)cccc4Cl)nc23)c1. The number of halogens is 5. The Kier molecular flexibility index (Phi) is 5.44. The van der Waals surface area contributed by atoms with Gasteiger partial charge in [-0.2, -0.15) is 18.2 Å². The third-order valence-electron chi connectivity index (χ3n) is 4.18. The molecule has 0 fully saturated rings. The average Bonchev–Trinajstić information content (AvgIpc) is 3.08. The van der Waals surface area contributed by atoms with Gasteiger partial charge in [-0.1, -0.05) is 46.7 Å². The molecule has 0 amide bonds. The second-order valence-corrected chi connectivity index (χ2v) is 8.04. The molecule has 2 aromatic heterocycles. The van der Waals surface area contributed by atoms with E-state index in [0.29, 0.717) is 38.3 Å². The molecular formula is C19H12Cl2F3N4S+. The molecule has 0 radical (unpaired) electrons. The molecule has 4 aromatic rings. The first-order chi connectivity index (χ1) is 13.8. The van der Waals surface area contributed by atoms with Gasteiger partial charge in [0.15, 0.2) is 10.3 Å². The molecule has 2 heterocycles. The lowest BCUT2D eigenvalue weighted by Gasteiger charge is -2.07. The Morgan fingerprint density at radius 2 is 1.72 bits per heavy atom. The highest BCUT2D eigenvalue weighted by Crippen LogP contribution is 2.32. The summed E-state index contributed by atoms with van der Waals surface area (Å²) in [6.07, 6.45) is -2.62. The van der Waals surface area contributed by atoms with Crippen LogP contribution >= 0.6 is 34.5 Å². The smallest absolute Gasteiger partial charge is 0.263 e. The number of thiazole rings is 1. The van der Waals surface area contributed by atoms with E-state index in [9.17, 15) is 13.2 Å². The maximum atomic E-state index is 13.0. The van der Waals surface area contributed by atoms with Crippen molar-refractivity contribution in [2.45, 2.75) is 12.6 Å². The van der Waals surface area contributed by atoms with Gasteiger partial charge in [-0.05, 0) is 29.8 Å². The van der Waals surface area contributed by atoms with Crippen molar-refractivity contribution in [2.75, 3.05) is 0 Å². The third-order valence-corrected chi connectivity index (χ3v) is 5.85. The highest BCUT2D eigenvalue weighted by Gasteiger charge is 2.31. The summed E-state index contributed by atoms with van der Waals surface area (Å²) >= 11 is 13.8. The van der Waals surface area contributed by atoms with E-state index in [-0.39, 0.29) is 0 Å². The van der Waals surface area contributed by atoms with Gasteiger partial charge in [0, 0.05) is 22.5 Å². The number of aromatic nitrogens is 3. The van der Waals surface area contributed by atoms with Crippen molar-refractivity contribution in [2.24, 2.45) is 0 Å². The molecule has 29 heavy (non-hydrogen) atoms. The molecule has 4 nitrogen and oxygen atoms in total. The van der Waals surface area contributed by atoms with Gasteiger partial charge in [0.25, 0.3) is 5.82 Å². The molecule has 2 N–H and O–H groups in total. The number of rotatable bonds is 4. The quantitative estimate of drug-likeness (QED) is 0.411. The van der Waals surface area contributed by atoms with E-state index < -0.39 is 11.7 Å². The van der Waals surface area contributed by atoms with Crippen molar-refractivity contribution in [3.8, 4) is 0 Å². The molecule has 148 valence electrons. The summed E-state index contributed by atoms with van der Waals surface area (Å²) in [5, 5.41) is 3.37. The highest BCUT2D eigenvalue weighted by atomic mass is 35.5. The normalized spacial score (nSPS) is 11.9. The summed E-state index contributed by atoms with van der Waals surface area (Å²) in [6, 6.07) is 10.3. The fourth-order valence-corrected chi connectivity index (χ4v) is 4.27. The second-order valence-electron chi connectivity index (χ2n) is 6.16. The zero-order valence-electron chi connectivity index (χ0n) is 14.5. The predicted molar refractivity (Wildman–Crippen MR) is 107 cm³/mol. The van der Waals surface area contributed by atoms with Gasteiger partial charge in [0.05, 0.1) is 5.56 Å². The molecule has 0 bridgehead atoms. The Bertz CT molecular complexity index is 1170. The number of nitrogens with two attached hydrogens (primary N) is 1. The maximum Gasteiger partial charge on any atom is 0.416 e. The largest absolute Gasteiger partial charge is 0.416 e. The van der Waals surface area contributed by atoms with Crippen LogP contribution in [-0.4, -0.2) is 15.0 Å². The molecule has 0 unspecified atom stereocenters. The van der Waals surface area contributed by atoms with Crippen molar-refractivity contribution >= 4 is 56.4 Å². The highest BCUT2D eigenvalue weighted by molar-refractivity contribution is 7.18. The molecule has 0 atom stereocenters. The van der Waals surface area contributed by atoms with E-state index in [1.54, 1.807) is 29.6 Å². The number of quaternary nitrogens is 1. The molecule has 0 aliphatic rings. The fraction of sp³-hybridized carbons (Fsp3) is 0.105. The van der Waals surface area contributed by atoms with Gasteiger partial charge in [-0.3, -0.25) is 5.32 Å². The Balaban J connectivity index is 1.67. The first-order valence-electron chi connectivity index (χ1n) is 8.36. The van der Waals surface area contributed by atoms with Crippen molar-refractivity contribution in [3.63, 3.8) is 0 Å². The van der Waals surface area contributed by atoms with E-state index in [4.69, 9.17) is 23.2 Å². The number of nitrogens with zero attached hydrogens (tertiary/aromatic N) is 3. The Hall–Kier alpha value is -2.26. The number of alkyl halides is 3. The van der Waals surface area contributed by atoms with Gasteiger partial charge < -0.3 is 0 Å². The minimum Gasteiger partial charge on any atom is -0.263 e. The minimum absolute atomic E-state index is 0.378. The average molecular weight is 456 g/mol. The zero-order chi connectivity index (χ0) is 20.6. The van der Waals surface area contributed by atoms with E-state index >= 15 is 0 Å². The van der Waals surface area contributed by atoms with Crippen molar-refractivity contribution in [3.05, 3.63) is 75.0 Å². The van der Waals surface area contributed by atoms with Gasteiger partial charge in [-0.25, -0.2) is 9.97 Å². The van der Waals surface area contributed by atoms with Crippen LogP contribution in [0.5, 0.6) is 0 Å². The molecule has 0 aliphatic heterocycles. The summed E-state index contributed by atoms with van der Waals surface area (Å²) in [5.41, 5.74) is 0.937. The summed E-state index contributed by atoms with van der Waals surface area (Å²) in [7, 11) is 0. The topological polar surface area (TPSA) is 55.3 Å². The number of hydrogen-bond acceptors (Lipinski definition) is 4. The monoisotopic (exact) mass is 455 g/mol. The first kappa shape index (κ1) is 20.0. The second kappa shape index (κ2) is 7.87. The minimum atomic E-state index is -4.41. The molecule has 2 aromatic carbocycles. The van der Waals surface area contributed by atoms with Crippen LogP contribution in [0.3, 0.4) is 0 Å². The lowest BCUT2D eigenvalue weighted by molar-refractivity contribution is -0.481. The molecule has 0 aliphatic carbocycles. The summed E-state index contributed by atoms with van der Waals surface area (Å²) < 4.78 is 38.9. The van der Waals surface area contributed by atoms with Crippen LogP contribution in [0.15, 0.2) is 48.8 Å². The van der Waals surface area contributed by atoms with Crippen molar-refractivity contribution in [1.82, 2.24) is 15.0 Å². The van der Waals surface area contributed by atoms with E-state index in [1.165, 1.54) is 23.7 Å². The van der Waals surface area contributed by atoms with E-state index in [0.717, 1.165) is 22.7 Å².